The molecule has 1 saturated heterocycles. The lowest BCUT2D eigenvalue weighted by atomic mass is 9.95. The van der Waals surface area contributed by atoms with E-state index < -0.39 is 5.60 Å². The molecule has 5 heteroatoms. The molecule has 0 radical (unpaired) electrons. The predicted octanol–water partition coefficient (Wildman–Crippen LogP) is 0.0360. The van der Waals surface area contributed by atoms with E-state index >= 15 is 0 Å². The molecule has 3 N–H and O–H groups in total. The minimum atomic E-state index is -0.760. The highest BCUT2D eigenvalue weighted by Gasteiger charge is 2.30. The monoisotopic (exact) mass is 216 g/mol. The molecule has 0 bridgehead atoms. The molecule has 80 valence electrons. The van der Waals surface area contributed by atoms with Crippen LogP contribution in [0, 0.1) is 0 Å². The number of piperidine rings is 1. The van der Waals surface area contributed by atoms with Gasteiger partial charge in [0.15, 0.2) is 0 Å². The van der Waals surface area contributed by atoms with Crippen LogP contribution >= 0.6 is 12.2 Å². The molecular weight excluding hydrogens is 200 g/mol. The number of amides is 1. The maximum absolute atomic E-state index is 11.5. The van der Waals surface area contributed by atoms with Gasteiger partial charge in [-0.2, -0.15) is 0 Å². The van der Waals surface area contributed by atoms with Crippen LogP contribution in [0.2, 0.25) is 0 Å². The van der Waals surface area contributed by atoms with Gasteiger partial charge in [0, 0.05) is 13.1 Å². The van der Waals surface area contributed by atoms with E-state index in [0.717, 1.165) is 12.8 Å². The molecule has 1 unspecified atom stereocenters. The molecule has 1 fully saturated rings. The van der Waals surface area contributed by atoms with Crippen molar-refractivity contribution in [3.05, 3.63) is 0 Å². The van der Waals surface area contributed by atoms with Crippen LogP contribution in [-0.2, 0) is 4.79 Å². The fourth-order valence-electron chi connectivity index (χ4n) is 1.69. The van der Waals surface area contributed by atoms with E-state index in [1.165, 1.54) is 0 Å². The molecule has 1 aliphatic rings. The van der Waals surface area contributed by atoms with Crippen molar-refractivity contribution in [3.63, 3.8) is 0 Å². The Balaban J connectivity index is 2.52. The molecule has 1 aliphatic heterocycles. The number of β-amino-alcohol motifs (C(OH)–C–C–N with tert-alkyl or cyclic N) is 1. The molecule has 1 rings (SSSR count). The average Bonchev–Trinajstić information content (AvgIpc) is 2.01. The van der Waals surface area contributed by atoms with Crippen LogP contribution in [0.25, 0.3) is 0 Å². The second-order valence-electron chi connectivity index (χ2n) is 4.06. The Labute approximate surface area is 89.1 Å². The van der Waals surface area contributed by atoms with Gasteiger partial charge in [-0.3, -0.25) is 4.79 Å². The average molecular weight is 216 g/mol. The van der Waals surface area contributed by atoms with E-state index in [0.29, 0.717) is 13.1 Å². The number of nitrogens with zero attached hydrogens (tertiary/aromatic N) is 1. The lowest BCUT2D eigenvalue weighted by Crippen LogP contribution is -2.49. The van der Waals surface area contributed by atoms with Gasteiger partial charge < -0.3 is 15.7 Å². The number of nitrogens with two attached hydrogens (primary N) is 1. The van der Waals surface area contributed by atoms with Crippen LogP contribution in [0.4, 0.5) is 0 Å². The van der Waals surface area contributed by atoms with Gasteiger partial charge in [0.1, 0.15) is 0 Å². The minimum Gasteiger partial charge on any atom is -0.393 e. The summed E-state index contributed by atoms with van der Waals surface area (Å²) < 4.78 is 0. The van der Waals surface area contributed by atoms with Crippen LogP contribution in [0.3, 0.4) is 0 Å². The first kappa shape index (κ1) is 11.4. The summed E-state index contributed by atoms with van der Waals surface area (Å²) in [5.41, 5.74) is 4.53. The number of carbonyl (C=O) groups is 1. The molecule has 1 amide bonds. The molecule has 0 aliphatic carbocycles. The van der Waals surface area contributed by atoms with Crippen LogP contribution in [0.5, 0.6) is 0 Å². The number of rotatable bonds is 2. The molecule has 1 atom stereocenters. The lowest BCUT2D eigenvalue weighted by molar-refractivity contribution is -0.136. The zero-order valence-corrected chi connectivity index (χ0v) is 9.14. The Morgan fingerprint density at radius 1 is 1.71 bits per heavy atom. The highest BCUT2D eigenvalue weighted by Crippen LogP contribution is 2.20. The Morgan fingerprint density at radius 2 is 2.36 bits per heavy atom. The first-order valence-electron chi connectivity index (χ1n) is 4.69. The summed E-state index contributed by atoms with van der Waals surface area (Å²) in [6, 6.07) is 0. The van der Waals surface area contributed by atoms with E-state index in [2.05, 4.69) is 12.2 Å². The largest absolute Gasteiger partial charge is 0.393 e. The molecule has 0 aromatic carbocycles. The SMILES string of the molecule is CC1(O)CCCN(C(=O)CC(N)=S)C1. The van der Waals surface area contributed by atoms with E-state index in [-0.39, 0.29) is 17.3 Å². The Kier molecular flexibility index (Phi) is 3.44. The van der Waals surface area contributed by atoms with Crippen LogP contribution in [-0.4, -0.2) is 39.6 Å². The van der Waals surface area contributed by atoms with Crippen molar-refractivity contribution in [1.82, 2.24) is 4.90 Å². The smallest absolute Gasteiger partial charge is 0.229 e. The van der Waals surface area contributed by atoms with E-state index in [1.54, 1.807) is 11.8 Å². The van der Waals surface area contributed by atoms with Crippen molar-refractivity contribution in [2.24, 2.45) is 5.73 Å². The summed E-state index contributed by atoms with van der Waals surface area (Å²) in [4.78, 5) is 13.4. The third-order valence-corrected chi connectivity index (χ3v) is 2.50. The fraction of sp³-hybridized carbons (Fsp3) is 0.778. The van der Waals surface area contributed by atoms with E-state index in [4.69, 9.17) is 5.73 Å². The summed E-state index contributed by atoms with van der Waals surface area (Å²) in [7, 11) is 0. The third kappa shape index (κ3) is 3.23. The van der Waals surface area contributed by atoms with Gasteiger partial charge in [0.25, 0.3) is 0 Å². The summed E-state index contributed by atoms with van der Waals surface area (Å²) in [6.45, 7) is 2.82. The van der Waals surface area contributed by atoms with Crippen molar-refractivity contribution in [3.8, 4) is 0 Å². The van der Waals surface area contributed by atoms with Crippen LogP contribution < -0.4 is 5.73 Å². The lowest BCUT2D eigenvalue weighted by Gasteiger charge is -2.36. The highest BCUT2D eigenvalue weighted by molar-refractivity contribution is 7.80. The van der Waals surface area contributed by atoms with Gasteiger partial charge in [-0.05, 0) is 19.8 Å². The standard InChI is InChI=1S/C9H16N2O2S/c1-9(13)3-2-4-11(6-9)8(12)5-7(10)14/h13H,2-6H2,1H3,(H2,10,14). The molecule has 0 aromatic rings. The van der Waals surface area contributed by atoms with Gasteiger partial charge in [-0.25, -0.2) is 0 Å². The quantitative estimate of drug-likeness (QED) is 0.639. The van der Waals surface area contributed by atoms with Crippen LogP contribution in [0.15, 0.2) is 0 Å². The van der Waals surface area contributed by atoms with E-state index in [1.807, 2.05) is 0 Å². The number of hydrogen-bond donors (Lipinski definition) is 2. The molecule has 0 saturated carbocycles. The Bertz CT molecular complexity index is 253. The van der Waals surface area contributed by atoms with Gasteiger partial charge in [0.05, 0.1) is 17.0 Å². The van der Waals surface area contributed by atoms with Gasteiger partial charge in [-0.1, -0.05) is 12.2 Å². The second-order valence-corrected chi connectivity index (χ2v) is 4.58. The van der Waals surface area contributed by atoms with Crippen molar-refractivity contribution < 1.29 is 9.90 Å². The normalized spacial score (nSPS) is 27.4. The molecule has 14 heavy (non-hydrogen) atoms. The second kappa shape index (κ2) is 4.23. The first-order chi connectivity index (χ1) is 6.41. The first-order valence-corrected chi connectivity index (χ1v) is 5.10. The summed E-state index contributed by atoms with van der Waals surface area (Å²) in [5, 5.41) is 9.77. The summed E-state index contributed by atoms with van der Waals surface area (Å²) in [6.07, 6.45) is 1.67. The van der Waals surface area contributed by atoms with Gasteiger partial charge >= 0.3 is 0 Å². The van der Waals surface area contributed by atoms with Gasteiger partial charge in [-0.15, -0.1) is 0 Å². The topological polar surface area (TPSA) is 66.6 Å². The fourth-order valence-corrected chi connectivity index (χ4v) is 1.82. The van der Waals surface area contributed by atoms with E-state index in [9.17, 15) is 9.90 Å². The summed E-state index contributed by atoms with van der Waals surface area (Å²) >= 11 is 4.67. The van der Waals surface area contributed by atoms with Gasteiger partial charge in [0.2, 0.25) is 5.91 Å². The number of carbonyl (C=O) groups excluding carboxylic acids is 1. The minimum absolute atomic E-state index is 0.0857. The molecule has 4 nitrogen and oxygen atoms in total. The zero-order valence-electron chi connectivity index (χ0n) is 8.32. The number of likely N-dealkylation sites (tertiary alicyclic amines) is 1. The van der Waals surface area contributed by atoms with Crippen molar-refractivity contribution >= 4 is 23.1 Å². The zero-order chi connectivity index (χ0) is 10.8. The van der Waals surface area contributed by atoms with Crippen molar-refractivity contribution in [2.75, 3.05) is 13.1 Å². The number of aliphatic hydroxyl groups is 1. The Hall–Kier alpha value is -0.680. The van der Waals surface area contributed by atoms with Crippen LogP contribution in [0.1, 0.15) is 26.2 Å². The molecule has 1 heterocycles. The highest BCUT2D eigenvalue weighted by atomic mass is 32.1. The third-order valence-electron chi connectivity index (χ3n) is 2.35. The van der Waals surface area contributed by atoms with Crippen molar-refractivity contribution in [2.45, 2.75) is 31.8 Å². The molecule has 0 spiro atoms. The summed E-state index contributed by atoms with van der Waals surface area (Å²) in [5.74, 6) is -0.0857. The van der Waals surface area contributed by atoms with Crippen molar-refractivity contribution in [1.29, 1.82) is 0 Å². The maximum atomic E-state index is 11.5. The number of hydrogen-bond acceptors (Lipinski definition) is 3. The molecule has 0 aromatic heterocycles. The number of thiocarbonyl (C=S) groups is 1. The Morgan fingerprint density at radius 3 is 2.86 bits per heavy atom. The predicted molar refractivity (Wildman–Crippen MR) is 57.8 cm³/mol. The maximum Gasteiger partial charge on any atom is 0.229 e. The molecular formula is C9H16N2O2S.